The average molecular weight is 466 g/mol. The van der Waals surface area contributed by atoms with Crippen molar-refractivity contribution in [3.05, 3.63) is 41.1 Å². The maximum Gasteiger partial charge on any atom is 0.254 e. The van der Waals surface area contributed by atoms with Crippen LogP contribution in [0, 0.1) is 0 Å². The summed E-state index contributed by atoms with van der Waals surface area (Å²) in [6.07, 6.45) is 5.44. The number of hydrogen-bond donors (Lipinski definition) is 3. The molecule has 2 amide bonds. The van der Waals surface area contributed by atoms with Gasteiger partial charge in [0.15, 0.2) is 0 Å². The van der Waals surface area contributed by atoms with Crippen LogP contribution in [0.3, 0.4) is 0 Å². The van der Waals surface area contributed by atoms with E-state index in [0.717, 1.165) is 50.9 Å². The second-order valence-corrected chi connectivity index (χ2v) is 10.3. The first kappa shape index (κ1) is 23.9. The number of nitrogens with two attached hydrogens (primary N) is 2. The number of hydrogen-bond acceptors (Lipinski definition) is 7. The van der Waals surface area contributed by atoms with E-state index in [1.165, 1.54) is 6.20 Å². The third-order valence-electron chi connectivity index (χ3n) is 6.48. The highest BCUT2D eigenvalue weighted by Crippen LogP contribution is 2.30. The van der Waals surface area contributed by atoms with Crippen LogP contribution in [0.2, 0.25) is 0 Å². The highest BCUT2D eigenvalue weighted by molar-refractivity contribution is 5.99. The van der Waals surface area contributed by atoms with Crippen LogP contribution in [0.15, 0.2) is 24.4 Å². The minimum Gasteiger partial charge on any atom is -0.365 e. The molecule has 0 spiro atoms. The van der Waals surface area contributed by atoms with Crippen molar-refractivity contribution < 1.29 is 9.59 Å². The number of nitrogens with zero attached hydrogens (tertiary/aromatic N) is 4. The number of benzene rings is 1. The zero-order valence-electron chi connectivity index (χ0n) is 20.3. The van der Waals surface area contributed by atoms with Crippen molar-refractivity contribution in [3.63, 3.8) is 0 Å². The smallest absolute Gasteiger partial charge is 0.254 e. The number of nitrogens with one attached hydrogen (secondary N) is 1. The van der Waals surface area contributed by atoms with Crippen molar-refractivity contribution >= 4 is 29.3 Å². The van der Waals surface area contributed by atoms with E-state index in [2.05, 4.69) is 36.1 Å². The van der Waals surface area contributed by atoms with Crippen LogP contribution in [-0.4, -0.2) is 58.9 Å². The molecule has 0 unspecified atom stereocenters. The molecule has 1 aromatic carbocycles. The van der Waals surface area contributed by atoms with Gasteiger partial charge in [0.25, 0.3) is 11.8 Å². The third-order valence-corrected chi connectivity index (χ3v) is 6.48. The summed E-state index contributed by atoms with van der Waals surface area (Å²) in [5.41, 5.74) is 14.1. The minimum absolute atomic E-state index is 0.0208. The zero-order valence-corrected chi connectivity index (χ0v) is 20.3. The largest absolute Gasteiger partial charge is 0.365 e. The van der Waals surface area contributed by atoms with Gasteiger partial charge in [-0.25, -0.2) is 4.98 Å². The van der Waals surface area contributed by atoms with Crippen molar-refractivity contribution in [1.29, 1.82) is 0 Å². The fourth-order valence-corrected chi connectivity index (χ4v) is 4.49. The quantitative estimate of drug-likeness (QED) is 0.619. The predicted octanol–water partition coefficient (Wildman–Crippen LogP) is 2.78. The van der Waals surface area contributed by atoms with Gasteiger partial charge in [-0.3, -0.25) is 9.59 Å². The van der Waals surface area contributed by atoms with Gasteiger partial charge < -0.3 is 26.6 Å². The number of rotatable bonds is 5. The first-order chi connectivity index (χ1) is 16.1. The first-order valence-corrected chi connectivity index (χ1v) is 12.0. The highest BCUT2D eigenvalue weighted by atomic mass is 16.2. The summed E-state index contributed by atoms with van der Waals surface area (Å²) >= 11 is 0. The van der Waals surface area contributed by atoms with Gasteiger partial charge >= 0.3 is 0 Å². The lowest BCUT2D eigenvalue weighted by Gasteiger charge is -2.31. The molecule has 2 aliphatic rings. The number of anilines is 3. The van der Waals surface area contributed by atoms with Gasteiger partial charge in [-0.15, -0.1) is 0 Å². The van der Waals surface area contributed by atoms with Crippen LogP contribution in [0.4, 0.5) is 17.5 Å². The molecule has 3 heterocycles. The lowest BCUT2D eigenvalue weighted by atomic mass is 9.85. The molecule has 0 radical (unpaired) electrons. The molecule has 2 aliphatic heterocycles. The third kappa shape index (κ3) is 5.30. The summed E-state index contributed by atoms with van der Waals surface area (Å²) in [4.78, 5) is 38.2. The van der Waals surface area contributed by atoms with Crippen LogP contribution >= 0.6 is 0 Å². The van der Waals surface area contributed by atoms with Gasteiger partial charge in [0.1, 0.15) is 11.4 Å². The molecule has 9 nitrogen and oxygen atoms in total. The Bertz CT molecular complexity index is 1070. The molecular weight excluding hydrogens is 430 g/mol. The standard InChI is InChI=1S/C25H35N7O2/c1-25(2,3)17-11-16(23(34)31-8-4-5-9-31)12-19(13-17)29-22-20(21(27)33)14-28-24(30-22)32-10-6-7-18(26)15-32/h11-14,18H,4-10,15,26H2,1-3H3,(H2,27,33)(H,28,29,30)/t18-/m0/s1. The molecule has 5 N–H and O–H groups in total. The van der Waals surface area contributed by atoms with Crippen molar-refractivity contribution in [2.24, 2.45) is 11.5 Å². The number of amides is 2. The van der Waals surface area contributed by atoms with Crippen LogP contribution in [0.1, 0.15) is 72.7 Å². The number of piperidine rings is 1. The Morgan fingerprint density at radius 1 is 1.09 bits per heavy atom. The normalized spacial score (nSPS) is 18.8. The molecule has 0 saturated carbocycles. The molecule has 2 aromatic rings. The number of carbonyl (C=O) groups excluding carboxylic acids is 2. The number of carbonyl (C=O) groups is 2. The summed E-state index contributed by atoms with van der Waals surface area (Å²) in [7, 11) is 0. The van der Waals surface area contributed by atoms with E-state index in [-0.39, 0.29) is 22.9 Å². The Hall–Kier alpha value is -3.20. The molecule has 2 saturated heterocycles. The maximum atomic E-state index is 13.2. The van der Waals surface area contributed by atoms with Crippen LogP contribution in [0.5, 0.6) is 0 Å². The predicted molar refractivity (Wildman–Crippen MR) is 134 cm³/mol. The second kappa shape index (κ2) is 9.58. The van der Waals surface area contributed by atoms with Crippen LogP contribution in [0.25, 0.3) is 0 Å². The SMILES string of the molecule is CC(C)(C)c1cc(Nc2nc(N3CCC[C@H](N)C3)ncc2C(N)=O)cc(C(=O)N2CCCC2)c1. The average Bonchev–Trinajstić information content (AvgIpc) is 3.32. The molecule has 4 rings (SSSR count). The summed E-state index contributed by atoms with van der Waals surface area (Å²) < 4.78 is 0. The Kier molecular flexibility index (Phi) is 6.74. The van der Waals surface area contributed by atoms with Crippen molar-refractivity contribution in [2.75, 3.05) is 36.4 Å². The lowest BCUT2D eigenvalue weighted by Crippen LogP contribution is -2.43. The molecule has 9 heteroatoms. The van der Waals surface area contributed by atoms with Gasteiger partial charge in [-0.1, -0.05) is 20.8 Å². The molecule has 2 fully saturated rings. The zero-order chi connectivity index (χ0) is 24.5. The van der Waals surface area contributed by atoms with Crippen LogP contribution in [-0.2, 0) is 5.41 Å². The molecule has 1 aromatic heterocycles. The molecule has 34 heavy (non-hydrogen) atoms. The van der Waals surface area contributed by atoms with Crippen LogP contribution < -0.4 is 21.7 Å². The topological polar surface area (TPSA) is 130 Å². The summed E-state index contributed by atoms with van der Waals surface area (Å²) in [5, 5.41) is 3.26. The number of aromatic nitrogens is 2. The van der Waals surface area contributed by atoms with E-state index in [1.807, 2.05) is 28.0 Å². The maximum absolute atomic E-state index is 13.2. The van der Waals surface area contributed by atoms with E-state index in [9.17, 15) is 9.59 Å². The van der Waals surface area contributed by atoms with E-state index >= 15 is 0 Å². The Balaban J connectivity index is 1.71. The fraction of sp³-hybridized carbons (Fsp3) is 0.520. The molecule has 1 atom stereocenters. The monoisotopic (exact) mass is 465 g/mol. The Labute approximate surface area is 200 Å². The second-order valence-electron chi connectivity index (χ2n) is 10.3. The summed E-state index contributed by atoms with van der Waals surface area (Å²) in [6.45, 7) is 9.33. The van der Waals surface area contributed by atoms with Crippen molar-refractivity contribution in [1.82, 2.24) is 14.9 Å². The van der Waals surface area contributed by atoms with E-state index < -0.39 is 5.91 Å². The van der Waals surface area contributed by atoms with E-state index in [4.69, 9.17) is 11.5 Å². The number of likely N-dealkylation sites (tertiary alicyclic amines) is 1. The molecule has 0 bridgehead atoms. The van der Waals surface area contributed by atoms with E-state index in [1.54, 1.807) is 0 Å². The van der Waals surface area contributed by atoms with Gasteiger partial charge in [0.05, 0.1) is 0 Å². The molecular formula is C25H35N7O2. The fourth-order valence-electron chi connectivity index (χ4n) is 4.49. The van der Waals surface area contributed by atoms with Crippen molar-refractivity contribution in [3.8, 4) is 0 Å². The Morgan fingerprint density at radius 3 is 2.47 bits per heavy atom. The van der Waals surface area contributed by atoms with Gasteiger partial charge in [0, 0.05) is 49.7 Å². The van der Waals surface area contributed by atoms with Crippen molar-refractivity contribution in [2.45, 2.75) is 57.9 Å². The van der Waals surface area contributed by atoms with Gasteiger partial charge in [0.2, 0.25) is 5.95 Å². The lowest BCUT2D eigenvalue weighted by molar-refractivity contribution is 0.0792. The van der Waals surface area contributed by atoms with Gasteiger partial charge in [-0.05, 0) is 54.9 Å². The van der Waals surface area contributed by atoms with E-state index in [0.29, 0.717) is 29.6 Å². The Morgan fingerprint density at radius 2 is 1.82 bits per heavy atom. The minimum atomic E-state index is -0.621. The highest BCUT2D eigenvalue weighted by Gasteiger charge is 2.24. The summed E-state index contributed by atoms with van der Waals surface area (Å²) in [5.74, 6) is 0.225. The number of primary amides is 1. The summed E-state index contributed by atoms with van der Waals surface area (Å²) in [6, 6.07) is 5.83. The molecule has 182 valence electrons. The molecule has 0 aliphatic carbocycles. The van der Waals surface area contributed by atoms with Gasteiger partial charge in [-0.2, -0.15) is 4.98 Å². The first-order valence-electron chi connectivity index (χ1n) is 12.0.